The number of hydrogen-bond donors (Lipinski definition) is 1. The van der Waals surface area contributed by atoms with Gasteiger partial charge in [-0.3, -0.25) is 0 Å². The SMILES string of the molecule is CN(C/C=C/c1ccccc1)CCCCCO. The molecule has 1 rings (SSSR count). The minimum Gasteiger partial charge on any atom is -0.396 e. The van der Waals surface area contributed by atoms with Crippen LogP contribution in [0.25, 0.3) is 6.08 Å². The topological polar surface area (TPSA) is 23.5 Å². The molecule has 0 fully saturated rings. The van der Waals surface area contributed by atoms with Crippen molar-refractivity contribution in [2.75, 3.05) is 26.7 Å². The van der Waals surface area contributed by atoms with Gasteiger partial charge in [-0.25, -0.2) is 0 Å². The van der Waals surface area contributed by atoms with Gasteiger partial charge in [0.05, 0.1) is 0 Å². The highest BCUT2D eigenvalue weighted by Crippen LogP contribution is 2.01. The van der Waals surface area contributed by atoms with Crippen LogP contribution in [0.5, 0.6) is 0 Å². The van der Waals surface area contributed by atoms with Crippen molar-refractivity contribution in [3.63, 3.8) is 0 Å². The van der Waals surface area contributed by atoms with E-state index in [1.807, 2.05) is 6.07 Å². The van der Waals surface area contributed by atoms with Crippen LogP contribution in [-0.2, 0) is 0 Å². The van der Waals surface area contributed by atoms with Crippen LogP contribution in [0, 0.1) is 0 Å². The molecule has 0 saturated carbocycles. The molecule has 0 heterocycles. The zero-order chi connectivity index (χ0) is 12.3. The van der Waals surface area contributed by atoms with Gasteiger partial charge in [-0.1, -0.05) is 42.5 Å². The molecule has 1 aromatic carbocycles. The van der Waals surface area contributed by atoms with Crippen LogP contribution in [0.15, 0.2) is 36.4 Å². The molecule has 0 aliphatic rings. The van der Waals surface area contributed by atoms with Crippen molar-refractivity contribution in [2.24, 2.45) is 0 Å². The molecule has 1 N–H and O–H groups in total. The van der Waals surface area contributed by atoms with Crippen molar-refractivity contribution < 1.29 is 5.11 Å². The zero-order valence-electron chi connectivity index (χ0n) is 10.7. The minimum absolute atomic E-state index is 0.317. The van der Waals surface area contributed by atoms with E-state index >= 15 is 0 Å². The number of hydrogen-bond acceptors (Lipinski definition) is 2. The molecule has 0 aliphatic heterocycles. The van der Waals surface area contributed by atoms with Crippen molar-refractivity contribution in [1.29, 1.82) is 0 Å². The van der Waals surface area contributed by atoms with E-state index in [4.69, 9.17) is 5.11 Å². The van der Waals surface area contributed by atoms with Gasteiger partial charge >= 0.3 is 0 Å². The van der Waals surface area contributed by atoms with Crippen LogP contribution in [0.3, 0.4) is 0 Å². The number of rotatable bonds is 8. The summed E-state index contributed by atoms with van der Waals surface area (Å²) in [5, 5.41) is 8.67. The van der Waals surface area contributed by atoms with Crippen LogP contribution in [0.1, 0.15) is 24.8 Å². The Bertz CT molecular complexity index is 308. The fourth-order valence-electron chi connectivity index (χ4n) is 1.69. The van der Waals surface area contributed by atoms with Crippen molar-refractivity contribution in [2.45, 2.75) is 19.3 Å². The summed E-state index contributed by atoms with van der Waals surface area (Å²) in [4.78, 5) is 2.30. The molecule has 0 spiro atoms. The first-order valence-corrected chi connectivity index (χ1v) is 6.34. The molecule has 1 aromatic rings. The van der Waals surface area contributed by atoms with Gasteiger partial charge in [0.15, 0.2) is 0 Å². The number of nitrogens with zero attached hydrogens (tertiary/aromatic N) is 1. The fraction of sp³-hybridized carbons (Fsp3) is 0.467. The molecule has 0 atom stereocenters. The summed E-state index contributed by atoms with van der Waals surface area (Å²) in [5.74, 6) is 0. The van der Waals surface area contributed by atoms with Gasteiger partial charge in [0.2, 0.25) is 0 Å². The van der Waals surface area contributed by atoms with Crippen molar-refractivity contribution >= 4 is 6.08 Å². The molecule has 0 radical (unpaired) electrons. The van der Waals surface area contributed by atoms with E-state index in [0.717, 1.165) is 32.4 Å². The molecule has 94 valence electrons. The maximum atomic E-state index is 8.67. The first-order chi connectivity index (χ1) is 8.33. The van der Waals surface area contributed by atoms with E-state index in [-0.39, 0.29) is 0 Å². The Hall–Kier alpha value is -1.12. The smallest absolute Gasteiger partial charge is 0.0431 e. The zero-order valence-corrected chi connectivity index (χ0v) is 10.7. The van der Waals surface area contributed by atoms with Gasteiger partial charge in [-0.15, -0.1) is 0 Å². The van der Waals surface area contributed by atoms with Gasteiger partial charge in [0.25, 0.3) is 0 Å². The predicted octanol–water partition coefficient (Wildman–Crippen LogP) is 2.79. The quantitative estimate of drug-likeness (QED) is 0.698. The molecule has 0 bridgehead atoms. The molecule has 0 aromatic heterocycles. The average molecular weight is 233 g/mol. The first-order valence-electron chi connectivity index (χ1n) is 6.34. The lowest BCUT2D eigenvalue weighted by Crippen LogP contribution is -2.19. The van der Waals surface area contributed by atoms with Crippen LogP contribution in [0.2, 0.25) is 0 Å². The summed E-state index contributed by atoms with van der Waals surface area (Å²) in [5.41, 5.74) is 1.25. The standard InChI is InChI=1S/C15H23NO/c1-16(12-6-3-7-14-17)13-8-11-15-9-4-2-5-10-15/h2,4-5,8-11,17H,3,6-7,12-14H2,1H3/b11-8+. The molecule has 0 aliphatic carbocycles. The van der Waals surface area contributed by atoms with E-state index in [0.29, 0.717) is 6.61 Å². The van der Waals surface area contributed by atoms with E-state index < -0.39 is 0 Å². The third-order valence-corrected chi connectivity index (χ3v) is 2.72. The second kappa shape index (κ2) is 8.97. The summed E-state index contributed by atoms with van der Waals surface area (Å²) < 4.78 is 0. The number of unbranched alkanes of at least 4 members (excludes halogenated alkanes) is 2. The van der Waals surface area contributed by atoms with Gasteiger partial charge in [0.1, 0.15) is 0 Å². The summed E-state index contributed by atoms with van der Waals surface area (Å²) in [6.07, 6.45) is 7.55. The summed E-state index contributed by atoms with van der Waals surface area (Å²) in [7, 11) is 2.13. The summed E-state index contributed by atoms with van der Waals surface area (Å²) >= 11 is 0. The molecule has 0 unspecified atom stereocenters. The normalized spacial score (nSPS) is 11.5. The largest absolute Gasteiger partial charge is 0.396 e. The molecule has 2 heteroatoms. The minimum atomic E-state index is 0.317. The molecule has 17 heavy (non-hydrogen) atoms. The molecular formula is C15H23NO. The Morgan fingerprint density at radius 1 is 1.12 bits per heavy atom. The van der Waals surface area contributed by atoms with Crippen LogP contribution >= 0.6 is 0 Å². The predicted molar refractivity (Wildman–Crippen MR) is 73.9 cm³/mol. The van der Waals surface area contributed by atoms with Gasteiger partial charge in [0, 0.05) is 13.2 Å². The number of likely N-dealkylation sites (N-methyl/N-ethyl adjacent to an activating group) is 1. The first kappa shape index (κ1) is 13.9. The van der Waals surface area contributed by atoms with E-state index in [1.165, 1.54) is 5.56 Å². The lowest BCUT2D eigenvalue weighted by molar-refractivity contribution is 0.276. The molecular weight excluding hydrogens is 210 g/mol. The van der Waals surface area contributed by atoms with E-state index in [1.54, 1.807) is 0 Å². The molecule has 2 nitrogen and oxygen atoms in total. The third-order valence-electron chi connectivity index (χ3n) is 2.72. The second-order valence-corrected chi connectivity index (χ2v) is 4.36. The maximum absolute atomic E-state index is 8.67. The Morgan fingerprint density at radius 2 is 1.88 bits per heavy atom. The fourth-order valence-corrected chi connectivity index (χ4v) is 1.69. The Morgan fingerprint density at radius 3 is 2.59 bits per heavy atom. The highest BCUT2D eigenvalue weighted by Gasteiger charge is 1.95. The van der Waals surface area contributed by atoms with E-state index in [2.05, 4.69) is 48.4 Å². The van der Waals surface area contributed by atoms with Gasteiger partial charge in [-0.2, -0.15) is 0 Å². The van der Waals surface area contributed by atoms with E-state index in [9.17, 15) is 0 Å². The molecule has 0 saturated heterocycles. The van der Waals surface area contributed by atoms with Crippen LogP contribution in [0.4, 0.5) is 0 Å². The third kappa shape index (κ3) is 6.93. The van der Waals surface area contributed by atoms with Crippen molar-refractivity contribution in [3.05, 3.63) is 42.0 Å². The number of benzene rings is 1. The Balaban J connectivity index is 2.15. The van der Waals surface area contributed by atoms with Crippen molar-refractivity contribution in [1.82, 2.24) is 4.90 Å². The maximum Gasteiger partial charge on any atom is 0.0431 e. The second-order valence-electron chi connectivity index (χ2n) is 4.36. The van der Waals surface area contributed by atoms with Crippen LogP contribution in [-0.4, -0.2) is 36.8 Å². The highest BCUT2D eigenvalue weighted by atomic mass is 16.2. The Kier molecular flexibility index (Phi) is 7.35. The van der Waals surface area contributed by atoms with Crippen LogP contribution < -0.4 is 0 Å². The van der Waals surface area contributed by atoms with Crippen molar-refractivity contribution in [3.8, 4) is 0 Å². The van der Waals surface area contributed by atoms with Gasteiger partial charge in [-0.05, 0) is 38.4 Å². The monoisotopic (exact) mass is 233 g/mol. The highest BCUT2D eigenvalue weighted by molar-refractivity contribution is 5.48. The number of aliphatic hydroxyl groups is 1. The number of aliphatic hydroxyl groups excluding tert-OH is 1. The Labute approximate surface area is 105 Å². The lowest BCUT2D eigenvalue weighted by atomic mass is 10.2. The van der Waals surface area contributed by atoms with Gasteiger partial charge < -0.3 is 10.0 Å². The summed E-state index contributed by atoms with van der Waals surface area (Å²) in [6.45, 7) is 2.39. The molecule has 0 amide bonds. The summed E-state index contributed by atoms with van der Waals surface area (Å²) in [6, 6.07) is 10.4. The lowest BCUT2D eigenvalue weighted by Gasteiger charge is -2.13. The average Bonchev–Trinajstić information content (AvgIpc) is 2.36.